The number of hydrogen-bond donors (Lipinski definition) is 0. The molecule has 0 amide bonds. The molecule has 2 aliphatic carbocycles. The van der Waals surface area contributed by atoms with E-state index in [9.17, 15) is 0 Å². The van der Waals surface area contributed by atoms with Crippen molar-refractivity contribution in [3.8, 4) is 55.6 Å². The number of benzene rings is 9. The molecule has 0 saturated carbocycles. The molecule has 0 saturated heterocycles. The van der Waals surface area contributed by atoms with E-state index in [2.05, 4.69) is 172 Å². The van der Waals surface area contributed by atoms with Gasteiger partial charge in [0.1, 0.15) is 0 Å². The second-order valence-electron chi connectivity index (χ2n) is 14.4. The summed E-state index contributed by atoms with van der Waals surface area (Å²) in [6, 6.07) is 59.1. The molecule has 11 rings (SSSR count). The van der Waals surface area contributed by atoms with Crippen molar-refractivity contribution in [1.29, 1.82) is 0 Å². The van der Waals surface area contributed by atoms with Crippen molar-refractivity contribution in [2.75, 3.05) is 0 Å². The van der Waals surface area contributed by atoms with Crippen LogP contribution in [0.3, 0.4) is 0 Å². The summed E-state index contributed by atoms with van der Waals surface area (Å²) in [5, 5.41) is 10.7. The lowest BCUT2D eigenvalue weighted by Crippen LogP contribution is -2.16. The van der Waals surface area contributed by atoms with Crippen LogP contribution in [-0.4, -0.2) is 0 Å². The highest BCUT2D eigenvalue weighted by Gasteiger charge is 2.39. The van der Waals surface area contributed by atoms with E-state index in [-0.39, 0.29) is 5.41 Å². The fraction of sp³-hybridized carbons (Fsp3) is 0.0612. The SMILES string of the molecule is CC1(C)c2c(ccc3cc(-c4ccc(-c5ccc6c7c(cccc57)-c5ccccc5-6)cc4)ccc23)-c2c1c1ccccc1c1ccccc21. The van der Waals surface area contributed by atoms with Gasteiger partial charge < -0.3 is 0 Å². The molecule has 0 radical (unpaired) electrons. The average molecular weight is 621 g/mol. The number of hydrogen-bond acceptors (Lipinski definition) is 0. The van der Waals surface area contributed by atoms with Crippen LogP contribution in [0, 0.1) is 0 Å². The molecule has 0 N–H and O–H groups in total. The van der Waals surface area contributed by atoms with Crippen LogP contribution in [0.5, 0.6) is 0 Å². The van der Waals surface area contributed by atoms with Gasteiger partial charge in [0.25, 0.3) is 0 Å². The maximum absolute atomic E-state index is 2.42. The van der Waals surface area contributed by atoms with Gasteiger partial charge in [-0.1, -0.05) is 166 Å². The van der Waals surface area contributed by atoms with Crippen LogP contribution in [-0.2, 0) is 5.41 Å². The normalized spacial score (nSPS) is 13.7. The fourth-order valence-corrected chi connectivity index (χ4v) is 9.49. The lowest BCUT2D eigenvalue weighted by molar-refractivity contribution is 0.672. The zero-order valence-electron chi connectivity index (χ0n) is 27.5. The highest BCUT2D eigenvalue weighted by molar-refractivity contribution is 6.20. The monoisotopic (exact) mass is 620 g/mol. The second kappa shape index (κ2) is 9.56. The molecule has 0 aromatic heterocycles. The molecule has 0 unspecified atom stereocenters. The third-order valence-corrected chi connectivity index (χ3v) is 11.5. The molecule has 0 heterocycles. The Labute approximate surface area is 285 Å². The van der Waals surface area contributed by atoms with E-state index in [1.165, 1.54) is 110 Å². The van der Waals surface area contributed by atoms with E-state index in [0.29, 0.717) is 0 Å². The quantitative estimate of drug-likeness (QED) is 0.169. The van der Waals surface area contributed by atoms with Gasteiger partial charge in [-0.25, -0.2) is 0 Å². The molecule has 0 heteroatoms. The molecule has 0 aliphatic heterocycles. The maximum Gasteiger partial charge on any atom is 0.0171 e. The molecule has 228 valence electrons. The summed E-state index contributed by atoms with van der Waals surface area (Å²) in [7, 11) is 0. The van der Waals surface area contributed by atoms with E-state index in [0.717, 1.165) is 0 Å². The Morgan fingerprint density at radius 1 is 0.327 bits per heavy atom. The Balaban J connectivity index is 1.02. The summed E-state index contributed by atoms with van der Waals surface area (Å²) < 4.78 is 0. The molecule has 9 aromatic carbocycles. The number of rotatable bonds is 2. The molecular weight excluding hydrogens is 589 g/mol. The van der Waals surface area contributed by atoms with Gasteiger partial charge in [0.05, 0.1) is 0 Å². The highest BCUT2D eigenvalue weighted by atomic mass is 14.4. The van der Waals surface area contributed by atoms with Crippen molar-refractivity contribution >= 4 is 43.1 Å². The molecular formula is C49H32. The van der Waals surface area contributed by atoms with Gasteiger partial charge in [-0.3, -0.25) is 0 Å². The van der Waals surface area contributed by atoms with Crippen LogP contribution < -0.4 is 0 Å². The predicted octanol–water partition coefficient (Wildman–Crippen LogP) is 13.6. The fourth-order valence-electron chi connectivity index (χ4n) is 9.49. The summed E-state index contributed by atoms with van der Waals surface area (Å²) >= 11 is 0. The van der Waals surface area contributed by atoms with Crippen molar-refractivity contribution in [1.82, 2.24) is 0 Å². The first-order valence-electron chi connectivity index (χ1n) is 17.4. The van der Waals surface area contributed by atoms with Gasteiger partial charge in [-0.05, 0) is 116 Å². The molecule has 49 heavy (non-hydrogen) atoms. The first kappa shape index (κ1) is 27.0. The second-order valence-corrected chi connectivity index (χ2v) is 14.4. The van der Waals surface area contributed by atoms with Crippen LogP contribution in [0.25, 0.3) is 98.7 Å². The van der Waals surface area contributed by atoms with E-state index in [4.69, 9.17) is 0 Å². The zero-order valence-corrected chi connectivity index (χ0v) is 27.5. The summed E-state index contributed by atoms with van der Waals surface area (Å²) in [4.78, 5) is 0. The van der Waals surface area contributed by atoms with Gasteiger partial charge in [-0.2, -0.15) is 0 Å². The third kappa shape index (κ3) is 3.53. The third-order valence-electron chi connectivity index (χ3n) is 11.5. The molecule has 0 atom stereocenters. The standard InChI is InChI=1S/C49H32/c1-49(2)47-34-24-22-31(28-32(34)23-25-44(47)46-41-14-7-5-12-37(41)38-13-6-8-15-43(38)48(46)49)29-18-20-30(21-19-29)33-26-27-42-36-11-4-3-10-35(36)40-17-9-16-39(33)45(40)42/h3-28H,1-2H3. The van der Waals surface area contributed by atoms with Crippen molar-refractivity contribution in [3.05, 3.63) is 169 Å². The van der Waals surface area contributed by atoms with Crippen molar-refractivity contribution in [2.45, 2.75) is 19.3 Å². The van der Waals surface area contributed by atoms with Gasteiger partial charge in [0.2, 0.25) is 0 Å². The van der Waals surface area contributed by atoms with Gasteiger partial charge in [0, 0.05) is 5.41 Å². The molecule has 2 aliphatic rings. The minimum Gasteiger partial charge on any atom is -0.0616 e. The molecule has 0 nitrogen and oxygen atoms in total. The first-order valence-corrected chi connectivity index (χ1v) is 17.4. The molecule has 0 bridgehead atoms. The van der Waals surface area contributed by atoms with Crippen LogP contribution >= 0.6 is 0 Å². The maximum atomic E-state index is 2.42. The van der Waals surface area contributed by atoms with Gasteiger partial charge in [0.15, 0.2) is 0 Å². The van der Waals surface area contributed by atoms with Crippen LogP contribution in [0.2, 0.25) is 0 Å². The van der Waals surface area contributed by atoms with E-state index in [1.54, 1.807) is 0 Å². The van der Waals surface area contributed by atoms with E-state index >= 15 is 0 Å². The minimum atomic E-state index is -0.127. The van der Waals surface area contributed by atoms with Crippen molar-refractivity contribution in [2.24, 2.45) is 0 Å². The Kier molecular flexibility index (Phi) is 5.27. The summed E-state index contributed by atoms with van der Waals surface area (Å²) in [6.45, 7) is 4.84. The van der Waals surface area contributed by atoms with Crippen molar-refractivity contribution in [3.63, 3.8) is 0 Å². The summed E-state index contributed by atoms with van der Waals surface area (Å²) in [5.41, 5.74) is 15.9. The summed E-state index contributed by atoms with van der Waals surface area (Å²) in [5.74, 6) is 0. The van der Waals surface area contributed by atoms with Crippen LogP contribution in [0.1, 0.15) is 25.0 Å². The van der Waals surface area contributed by atoms with E-state index in [1.807, 2.05) is 0 Å². The molecule has 9 aromatic rings. The van der Waals surface area contributed by atoms with Gasteiger partial charge >= 0.3 is 0 Å². The topological polar surface area (TPSA) is 0 Å². The highest BCUT2D eigenvalue weighted by Crippen LogP contribution is 2.56. The van der Waals surface area contributed by atoms with E-state index < -0.39 is 0 Å². The van der Waals surface area contributed by atoms with Crippen molar-refractivity contribution < 1.29 is 0 Å². The lowest BCUT2D eigenvalue weighted by atomic mass is 9.77. The minimum absolute atomic E-state index is 0.127. The van der Waals surface area contributed by atoms with Crippen LogP contribution in [0.4, 0.5) is 0 Å². The van der Waals surface area contributed by atoms with Gasteiger partial charge in [-0.15, -0.1) is 0 Å². The predicted molar refractivity (Wildman–Crippen MR) is 209 cm³/mol. The first-order chi connectivity index (χ1) is 24.1. The molecule has 0 fully saturated rings. The van der Waals surface area contributed by atoms with Crippen LogP contribution in [0.15, 0.2) is 158 Å². The Morgan fingerprint density at radius 2 is 0.878 bits per heavy atom. The Bertz CT molecular complexity index is 2850. The lowest BCUT2D eigenvalue weighted by Gasteiger charge is -2.25. The smallest absolute Gasteiger partial charge is 0.0171 e. The largest absolute Gasteiger partial charge is 0.0616 e. The molecule has 0 spiro atoms. The zero-order chi connectivity index (χ0) is 32.4. The Hall–Kier alpha value is -5.98. The average Bonchev–Trinajstić information content (AvgIpc) is 3.61. The number of fused-ring (bicyclic) bond motifs is 13. The Morgan fingerprint density at radius 3 is 1.65 bits per heavy atom. The summed E-state index contributed by atoms with van der Waals surface area (Å²) in [6.07, 6.45) is 0.